The van der Waals surface area contributed by atoms with E-state index in [-0.39, 0.29) is 24.0 Å². The number of hydrogen-bond donors (Lipinski definition) is 2. The van der Waals surface area contributed by atoms with Crippen LogP contribution >= 0.6 is 24.0 Å². The monoisotopic (exact) mass is 535 g/mol. The van der Waals surface area contributed by atoms with Crippen LogP contribution in [0.2, 0.25) is 0 Å². The van der Waals surface area contributed by atoms with Crippen LogP contribution in [-0.4, -0.2) is 45.8 Å². The maximum Gasteiger partial charge on any atom is 0.195 e. The molecule has 2 N–H and O–H groups in total. The van der Waals surface area contributed by atoms with E-state index in [1.165, 1.54) is 0 Å². The third-order valence-corrected chi connectivity index (χ3v) is 4.64. The topological polar surface area (TPSA) is 71.0 Å². The summed E-state index contributed by atoms with van der Waals surface area (Å²) in [5, 5.41) is 7.82. The van der Waals surface area contributed by atoms with Crippen LogP contribution in [0.4, 0.5) is 11.5 Å². The number of fused-ring (bicyclic) bond motifs is 1. The molecule has 0 atom stereocenters. The highest BCUT2D eigenvalue weighted by Gasteiger charge is 2.10. The van der Waals surface area contributed by atoms with E-state index in [1.54, 1.807) is 14.2 Å². The molecule has 1 heterocycles. The first-order valence-corrected chi connectivity index (χ1v) is 9.90. The van der Waals surface area contributed by atoms with E-state index >= 15 is 0 Å². The standard InChI is InChI=1S/C23H29N5O2.HI/c1-6-30-20-12-11-17(14-21(20)29-5)26-23(24-2)25-15-16-13-22(28(3)4)27-19-10-8-7-9-18(16)19;/h7-14H,6,15H2,1-5H3,(H2,24,25,26);1H. The lowest BCUT2D eigenvalue weighted by Gasteiger charge is -2.17. The minimum absolute atomic E-state index is 0. The number of anilines is 2. The minimum atomic E-state index is 0. The van der Waals surface area contributed by atoms with E-state index in [4.69, 9.17) is 14.5 Å². The van der Waals surface area contributed by atoms with Crippen molar-refractivity contribution in [3.8, 4) is 11.5 Å². The Morgan fingerprint density at radius 1 is 1.10 bits per heavy atom. The summed E-state index contributed by atoms with van der Waals surface area (Å²) in [7, 11) is 7.37. The van der Waals surface area contributed by atoms with Gasteiger partial charge in [-0.05, 0) is 36.8 Å². The van der Waals surface area contributed by atoms with Gasteiger partial charge in [-0.2, -0.15) is 0 Å². The molecule has 8 heteroatoms. The molecule has 0 saturated heterocycles. The molecule has 1 aromatic heterocycles. The number of nitrogens with zero attached hydrogens (tertiary/aromatic N) is 3. The Kier molecular flexibility index (Phi) is 9.17. The predicted molar refractivity (Wildman–Crippen MR) is 139 cm³/mol. The van der Waals surface area contributed by atoms with Crippen LogP contribution in [0.3, 0.4) is 0 Å². The van der Waals surface area contributed by atoms with Crippen LogP contribution in [-0.2, 0) is 6.54 Å². The fourth-order valence-electron chi connectivity index (χ4n) is 3.12. The van der Waals surface area contributed by atoms with Gasteiger partial charge in [0.15, 0.2) is 17.5 Å². The summed E-state index contributed by atoms with van der Waals surface area (Å²) in [6.45, 7) is 3.14. The number of hydrogen-bond acceptors (Lipinski definition) is 5. The summed E-state index contributed by atoms with van der Waals surface area (Å²) < 4.78 is 11.0. The van der Waals surface area contributed by atoms with Crippen molar-refractivity contribution in [3.05, 3.63) is 54.1 Å². The number of aliphatic imine (C=N–C) groups is 1. The van der Waals surface area contributed by atoms with E-state index in [2.05, 4.69) is 27.8 Å². The molecule has 0 aliphatic carbocycles. The molecule has 3 rings (SSSR count). The van der Waals surface area contributed by atoms with Crippen LogP contribution in [0.25, 0.3) is 10.9 Å². The maximum atomic E-state index is 5.58. The van der Waals surface area contributed by atoms with Crippen molar-refractivity contribution < 1.29 is 9.47 Å². The summed E-state index contributed by atoms with van der Waals surface area (Å²) in [5.74, 6) is 2.97. The molecule has 0 spiro atoms. The van der Waals surface area contributed by atoms with E-state index in [9.17, 15) is 0 Å². The van der Waals surface area contributed by atoms with Gasteiger partial charge in [0, 0.05) is 44.8 Å². The first-order valence-electron chi connectivity index (χ1n) is 9.90. The van der Waals surface area contributed by atoms with Crippen LogP contribution in [0.15, 0.2) is 53.5 Å². The zero-order valence-electron chi connectivity index (χ0n) is 18.6. The average Bonchev–Trinajstić information content (AvgIpc) is 2.77. The lowest BCUT2D eigenvalue weighted by Crippen LogP contribution is -2.30. The first kappa shape index (κ1) is 24.5. The highest BCUT2D eigenvalue weighted by atomic mass is 127. The Bertz CT molecular complexity index is 1040. The summed E-state index contributed by atoms with van der Waals surface area (Å²) in [6.07, 6.45) is 0. The van der Waals surface area contributed by atoms with Crippen molar-refractivity contribution in [2.45, 2.75) is 13.5 Å². The molecule has 7 nitrogen and oxygen atoms in total. The summed E-state index contributed by atoms with van der Waals surface area (Å²) in [4.78, 5) is 11.1. The van der Waals surface area contributed by atoms with Crippen LogP contribution in [0.5, 0.6) is 11.5 Å². The van der Waals surface area contributed by atoms with E-state index in [0.717, 1.165) is 28.0 Å². The Labute approximate surface area is 200 Å². The predicted octanol–water partition coefficient (Wildman–Crippen LogP) is 4.51. The molecule has 0 fully saturated rings. The number of halogens is 1. The van der Waals surface area contributed by atoms with Gasteiger partial charge in [-0.3, -0.25) is 4.99 Å². The van der Waals surface area contributed by atoms with Gasteiger partial charge in [0.2, 0.25) is 0 Å². The number of nitrogens with one attached hydrogen (secondary N) is 2. The van der Waals surface area contributed by atoms with Gasteiger partial charge < -0.3 is 25.0 Å². The molecule has 0 aliphatic heterocycles. The average molecular weight is 535 g/mol. The maximum absolute atomic E-state index is 5.58. The van der Waals surface area contributed by atoms with Gasteiger partial charge in [-0.15, -0.1) is 24.0 Å². The van der Waals surface area contributed by atoms with Crippen molar-refractivity contribution in [3.63, 3.8) is 0 Å². The van der Waals surface area contributed by atoms with Gasteiger partial charge in [0.05, 0.1) is 19.2 Å². The Morgan fingerprint density at radius 3 is 2.55 bits per heavy atom. The molecule has 31 heavy (non-hydrogen) atoms. The van der Waals surface area contributed by atoms with Crippen molar-refractivity contribution in [1.29, 1.82) is 0 Å². The lowest BCUT2D eigenvalue weighted by atomic mass is 10.1. The molecule has 3 aromatic rings. The third kappa shape index (κ3) is 6.13. The van der Waals surface area contributed by atoms with Crippen LogP contribution < -0.4 is 25.0 Å². The molecule has 2 aromatic carbocycles. The van der Waals surface area contributed by atoms with Gasteiger partial charge in [0.1, 0.15) is 5.82 Å². The Balaban J connectivity index is 0.00000341. The first-order chi connectivity index (χ1) is 14.5. The number of ether oxygens (including phenoxy) is 2. The van der Waals surface area contributed by atoms with Crippen molar-refractivity contribution in [2.75, 3.05) is 45.1 Å². The molecular weight excluding hydrogens is 505 g/mol. The zero-order chi connectivity index (χ0) is 21.5. The number of pyridine rings is 1. The second-order valence-corrected chi connectivity index (χ2v) is 6.90. The van der Waals surface area contributed by atoms with Gasteiger partial charge in [-0.1, -0.05) is 18.2 Å². The highest BCUT2D eigenvalue weighted by molar-refractivity contribution is 14.0. The minimum Gasteiger partial charge on any atom is -0.493 e. The largest absolute Gasteiger partial charge is 0.493 e. The van der Waals surface area contributed by atoms with E-state index in [1.807, 2.05) is 62.3 Å². The number of guanidine groups is 1. The molecule has 166 valence electrons. The van der Waals surface area contributed by atoms with Gasteiger partial charge in [-0.25, -0.2) is 4.98 Å². The second-order valence-electron chi connectivity index (χ2n) is 6.90. The highest BCUT2D eigenvalue weighted by Crippen LogP contribution is 2.30. The molecule has 0 amide bonds. The normalized spacial score (nSPS) is 10.9. The number of aromatic nitrogens is 1. The zero-order valence-corrected chi connectivity index (χ0v) is 20.9. The molecule has 0 radical (unpaired) electrons. The molecular formula is C23H30IN5O2. The van der Waals surface area contributed by atoms with Crippen LogP contribution in [0.1, 0.15) is 12.5 Å². The molecule has 0 aliphatic rings. The fraction of sp³-hybridized carbons (Fsp3) is 0.304. The van der Waals surface area contributed by atoms with E-state index < -0.39 is 0 Å². The molecule has 0 bridgehead atoms. The summed E-state index contributed by atoms with van der Waals surface area (Å²) in [6, 6.07) is 16.0. The lowest BCUT2D eigenvalue weighted by molar-refractivity contribution is 0.311. The van der Waals surface area contributed by atoms with Crippen LogP contribution in [0, 0.1) is 0 Å². The van der Waals surface area contributed by atoms with Gasteiger partial charge in [0.25, 0.3) is 0 Å². The Hall–Kier alpha value is -2.75. The number of benzene rings is 2. The van der Waals surface area contributed by atoms with Crippen molar-refractivity contribution >= 4 is 52.3 Å². The summed E-state index contributed by atoms with van der Waals surface area (Å²) in [5.41, 5.74) is 2.98. The quantitative estimate of drug-likeness (QED) is 0.264. The molecule has 0 saturated carbocycles. The van der Waals surface area contributed by atoms with E-state index in [0.29, 0.717) is 30.6 Å². The SMILES string of the molecule is CCOc1ccc(NC(=NC)NCc2cc(N(C)C)nc3ccccc23)cc1OC.I. The summed E-state index contributed by atoms with van der Waals surface area (Å²) >= 11 is 0. The second kappa shape index (κ2) is 11.6. The Morgan fingerprint density at radius 2 is 1.87 bits per heavy atom. The fourth-order valence-corrected chi connectivity index (χ4v) is 3.12. The molecule has 0 unspecified atom stereocenters. The number of rotatable bonds is 7. The number of methoxy groups -OCH3 is 1. The van der Waals surface area contributed by atoms with Gasteiger partial charge >= 0.3 is 0 Å². The van der Waals surface area contributed by atoms with Crippen molar-refractivity contribution in [1.82, 2.24) is 10.3 Å². The smallest absolute Gasteiger partial charge is 0.195 e. The number of para-hydroxylation sites is 1. The van der Waals surface area contributed by atoms with Crippen molar-refractivity contribution in [2.24, 2.45) is 4.99 Å². The third-order valence-electron chi connectivity index (χ3n) is 4.64.